The molecular formula is C19H14ClN3O5. The maximum atomic E-state index is 11.6. The van der Waals surface area contributed by atoms with Gasteiger partial charge in [-0.1, -0.05) is 17.7 Å². The molecule has 9 heteroatoms. The highest BCUT2D eigenvalue weighted by Gasteiger charge is 2.13. The molecule has 0 fully saturated rings. The van der Waals surface area contributed by atoms with Crippen molar-refractivity contribution >= 4 is 35.2 Å². The van der Waals surface area contributed by atoms with Crippen LogP contribution in [0.25, 0.3) is 11.3 Å². The van der Waals surface area contributed by atoms with Crippen LogP contribution in [-0.4, -0.2) is 24.2 Å². The summed E-state index contributed by atoms with van der Waals surface area (Å²) in [5.74, 6) is 0.522. The number of nitrogens with zero attached hydrogens (tertiary/aromatic N) is 2. The quantitative estimate of drug-likeness (QED) is 0.277. The van der Waals surface area contributed by atoms with Gasteiger partial charge in [0.25, 0.3) is 5.69 Å². The van der Waals surface area contributed by atoms with Crippen LogP contribution in [0.1, 0.15) is 16.1 Å². The smallest absolute Gasteiger partial charge is 0.339 e. The highest BCUT2D eigenvalue weighted by molar-refractivity contribution is 6.33. The summed E-state index contributed by atoms with van der Waals surface area (Å²) in [4.78, 5) is 21.7. The Balaban J connectivity index is 1.68. The van der Waals surface area contributed by atoms with Gasteiger partial charge >= 0.3 is 5.97 Å². The van der Waals surface area contributed by atoms with Crippen molar-refractivity contribution in [1.29, 1.82) is 0 Å². The molecule has 0 amide bonds. The molecule has 0 aliphatic rings. The molecule has 2 aromatic carbocycles. The SMILES string of the molecule is COC(=O)c1ccc(-c2ccc(C=NNc3ccc([N+](=O)[O-])cc3)o2)cc1Cl. The zero-order chi connectivity index (χ0) is 20.1. The number of esters is 1. The zero-order valence-corrected chi connectivity index (χ0v) is 15.3. The maximum absolute atomic E-state index is 11.6. The van der Waals surface area contributed by atoms with Crippen molar-refractivity contribution in [3.63, 3.8) is 0 Å². The van der Waals surface area contributed by atoms with Gasteiger partial charge in [0.1, 0.15) is 11.5 Å². The number of carbonyl (C=O) groups is 1. The summed E-state index contributed by atoms with van der Waals surface area (Å²) in [6.45, 7) is 0. The highest BCUT2D eigenvalue weighted by Crippen LogP contribution is 2.27. The van der Waals surface area contributed by atoms with Crippen LogP contribution in [0, 0.1) is 10.1 Å². The number of hydrogen-bond donors (Lipinski definition) is 1. The molecule has 0 spiro atoms. The number of halogens is 1. The summed E-state index contributed by atoms with van der Waals surface area (Å²) in [6.07, 6.45) is 1.47. The molecule has 142 valence electrons. The number of hydrazone groups is 1. The predicted molar refractivity (Wildman–Crippen MR) is 105 cm³/mol. The average Bonchev–Trinajstić information content (AvgIpc) is 3.16. The molecule has 0 aliphatic carbocycles. The van der Waals surface area contributed by atoms with Gasteiger partial charge in [0.05, 0.1) is 34.5 Å². The van der Waals surface area contributed by atoms with E-state index in [-0.39, 0.29) is 16.3 Å². The molecule has 0 saturated carbocycles. The average molecular weight is 400 g/mol. The number of nitro groups is 1. The number of rotatable bonds is 6. The topological polar surface area (TPSA) is 107 Å². The van der Waals surface area contributed by atoms with E-state index in [9.17, 15) is 14.9 Å². The number of carbonyl (C=O) groups excluding carboxylic acids is 1. The number of nitro benzene ring substituents is 1. The number of anilines is 1. The number of hydrogen-bond acceptors (Lipinski definition) is 7. The molecule has 0 aliphatic heterocycles. The van der Waals surface area contributed by atoms with E-state index in [1.54, 1.807) is 42.5 Å². The minimum Gasteiger partial charge on any atom is -0.465 e. The molecule has 28 heavy (non-hydrogen) atoms. The van der Waals surface area contributed by atoms with Gasteiger partial charge in [0.2, 0.25) is 0 Å². The molecule has 0 unspecified atom stereocenters. The third kappa shape index (κ3) is 4.36. The standard InChI is InChI=1S/C19H14ClN3O5/c1-27-19(24)16-8-2-12(10-17(16)20)18-9-7-15(28-18)11-21-22-13-3-5-14(6-4-13)23(25)26/h2-11,22H,1H3. The Morgan fingerprint density at radius 1 is 1.21 bits per heavy atom. The van der Waals surface area contributed by atoms with Crippen LogP contribution in [-0.2, 0) is 4.74 Å². The largest absolute Gasteiger partial charge is 0.465 e. The summed E-state index contributed by atoms with van der Waals surface area (Å²) < 4.78 is 10.3. The minimum atomic E-state index is -0.513. The molecule has 0 atom stereocenters. The van der Waals surface area contributed by atoms with E-state index in [4.69, 9.17) is 16.0 Å². The Morgan fingerprint density at radius 3 is 2.61 bits per heavy atom. The van der Waals surface area contributed by atoms with Crippen LogP contribution < -0.4 is 5.43 Å². The monoisotopic (exact) mass is 399 g/mol. The first kappa shape index (κ1) is 19.1. The van der Waals surface area contributed by atoms with Crippen molar-refractivity contribution in [3.8, 4) is 11.3 Å². The van der Waals surface area contributed by atoms with Crippen molar-refractivity contribution < 1.29 is 18.9 Å². The zero-order valence-electron chi connectivity index (χ0n) is 14.6. The maximum Gasteiger partial charge on any atom is 0.339 e. The lowest BCUT2D eigenvalue weighted by atomic mass is 10.1. The normalized spacial score (nSPS) is 10.8. The van der Waals surface area contributed by atoms with E-state index in [1.807, 2.05) is 0 Å². The van der Waals surface area contributed by atoms with Gasteiger partial charge in [-0.05, 0) is 36.4 Å². The van der Waals surface area contributed by atoms with E-state index >= 15 is 0 Å². The lowest BCUT2D eigenvalue weighted by Crippen LogP contribution is -2.01. The summed E-state index contributed by atoms with van der Waals surface area (Å²) in [6, 6.07) is 14.2. The fourth-order valence-electron chi connectivity index (χ4n) is 2.35. The lowest BCUT2D eigenvalue weighted by Gasteiger charge is -2.04. The Kier molecular flexibility index (Phi) is 5.71. The summed E-state index contributed by atoms with van der Waals surface area (Å²) >= 11 is 6.12. The van der Waals surface area contributed by atoms with Gasteiger partial charge in [-0.2, -0.15) is 5.10 Å². The number of nitrogens with one attached hydrogen (secondary N) is 1. The predicted octanol–water partition coefficient (Wildman–Crippen LogP) is 4.74. The van der Waals surface area contributed by atoms with Crippen LogP contribution in [0.3, 0.4) is 0 Å². The van der Waals surface area contributed by atoms with Gasteiger partial charge in [-0.25, -0.2) is 4.79 Å². The molecule has 1 heterocycles. The molecule has 8 nitrogen and oxygen atoms in total. The lowest BCUT2D eigenvalue weighted by molar-refractivity contribution is -0.384. The second kappa shape index (κ2) is 8.36. The molecular weight excluding hydrogens is 386 g/mol. The van der Waals surface area contributed by atoms with Crippen molar-refractivity contribution in [1.82, 2.24) is 0 Å². The molecule has 0 bridgehead atoms. The Bertz CT molecular complexity index is 1040. The van der Waals surface area contributed by atoms with Crippen molar-refractivity contribution in [2.24, 2.45) is 5.10 Å². The van der Waals surface area contributed by atoms with Gasteiger partial charge < -0.3 is 9.15 Å². The highest BCUT2D eigenvalue weighted by atomic mass is 35.5. The molecule has 0 radical (unpaired) electrons. The number of methoxy groups -OCH3 is 1. The first-order valence-corrected chi connectivity index (χ1v) is 8.37. The van der Waals surface area contributed by atoms with E-state index in [0.29, 0.717) is 22.8 Å². The molecule has 1 N–H and O–H groups in total. The molecule has 1 aromatic heterocycles. The number of ether oxygens (including phenoxy) is 1. The molecule has 3 rings (SSSR count). The summed E-state index contributed by atoms with van der Waals surface area (Å²) in [5.41, 5.74) is 4.32. The van der Waals surface area contributed by atoms with Crippen LogP contribution in [0.2, 0.25) is 5.02 Å². The van der Waals surface area contributed by atoms with Crippen molar-refractivity contribution in [3.05, 3.63) is 81.1 Å². The number of furan rings is 1. The fraction of sp³-hybridized carbons (Fsp3) is 0.0526. The van der Waals surface area contributed by atoms with Gasteiger partial charge in [0, 0.05) is 17.7 Å². The van der Waals surface area contributed by atoms with Gasteiger partial charge in [-0.3, -0.25) is 15.5 Å². The van der Waals surface area contributed by atoms with Gasteiger partial charge in [0.15, 0.2) is 0 Å². The molecule has 3 aromatic rings. The van der Waals surface area contributed by atoms with Crippen LogP contribution in [0.4, 0.5) is 11.4 Å². The van der Waals surface area contributed by atoms with E-state index < -0.39 is 10.9 Å². The van der Waals surface area contributed by atoms with Crippen LogP contribution in [0.15, 0.2) is 64.1 Å². The second-order valence-electron chi connectivity index (χ2n) is 5.56. The number of non-ortho nitro benzene ring substituents is 1. The molecule has 0 saturated heterocycles. The Labute approximate surface area is 164 Å². The third-order valence-electron chi connectivity index (χ3n) is 3.75. The Hall–Kier alpha value is -3.65. The summed E-state index contributed by atoms with van der Waals surface area (Å²) in [5, 5.41) is 14.9. The third-order valence-corrected chi connectivity index (χ3v) is 4.06. The van der Waals surface area contributed by atoms with E-state index in [1.165, 1.54) is 25.5 Å². The number of benzene rings is 2. The first-order valence-electron chi connectivity index (χ1n) is 7.99. The van der Waals surface area contributed by atoms with Crippen molar-refractivity contribution in [2.45, 2.75) is 0 Å². The summed E-state index contributed by atoms with van der Waals surface area (Å²) in [7, 11) is 1.29. The van der Waals surface area contributed by atoms with Crippen LogP contribution in [0.5, 0.6) is 0 Å². The van der Waals surface area contributed by atoms with E-state index in [0.717, 1.165) is 0 Å². The minimum absolute atomic E-state index is 0.00193. The van der Waals surface area contributed by atoms with Gasteiger partial charge in [-0.15, -0.1) is 0 Å². The van der Waals surface area contributed by atoms with E-state index in [2.05, 4.69) is 15.3 Å². The fourth-order valence-corrected chi connectivity index (χ4v) is 2.61. The second-order valence-corrected chi connectivity index (χ2v) is 5.97. The van der Waals surface area contributed by atoms with Crippen LogP contribution >= 0.6 is 11.6 Å². The van der Waals surface area contributed by atoms with Crippen molar-refractivity contribution in [2.75, 3.05) is 12.5 Å². The first-order chi connectivity index (χ1) is 13.5. The Morgan fingerprint density at radius 2 is 1.96 bits per heavy atom.